The molecule has 5 rings (SSSR count). The van der Waals surface area contributed by atoms with E-state index in [4.69, 9.17) is 14.6 Å². The number of hydrogen-bond acceptors (Lipinski definition) is 8. The summed E-state index contributed by atoms with van der Waals surface area (Å²) in [6, 6.07) is 17.1. The molecule has 0 fully saturated rings. The molecule has 0 unspecified atom stereocenters. The molecular weight excluding hydrogens is 536 g/mol. The highest BCUT2D eigenvalue weighted by Gasteiger charge is 2.33. The number of allylic oxidation sites excluding steroid dienone is 1. The van der Waals surface area contributed by atoms with Crippen LogP contribution in [0.2, 0.25) is 0 Å². The molecule has 1 N–H and O–H groups in total. The quantitative estimate of drug-likeness (QED) is 0.325. The van der Waals surface area contributed by atoms with E-state index in [9.17, 15) is 14.4 Å². The second-order valence-electron chi connectivity index (χ2n) is 8.68. The first-order valence-electron chi connectivity index (χ1n) is 12.1. The summed E-state index contributed by atoms with van der Waals surface area (Å²) in [7, 11) is 0. The predicted octanol–water partition coefficient (Wildman–Crippen LogP) is 4.14. The van der Waals surface area contributed by atoms with Crippen LogP contribution in [0, 0.1) is 0 Å². The van der Waals surface area contributed by atoms with Crippen molar-refractivity contribution in [2.75, 3.05) is 6.61 Å². The fraction of sp³-hybridized carbons (Fsp3) is 0.172. The molecular formula is C29H24N2O6S2. The number of carbonyl (C=O) groups excluding carboxylic acids is 1. The molecule has 1 aliphatic heterocycles. The van der Waals surface area contributed by atoms with E-state index in [2.05, 4.69) is 4.99 Å². The van der Waals surface area contributed by atoms with Crippen molar-refractivity contribution in [3.8, 4) is 5.75 Å². The first-order valence-corrected chi connectivity index (χ1v) is 13.8. The number of carbonyl (C=O) groups is 2. The average molecular weight is 561 g/mol. The van der Waals surface area contributed by atoms with Crippen LogP contribution in [-0.4, -0.2) is 28.2 Å². The highest BCUT2D eigenvalue weighted by Crippen LogP contribution is 2.33. The number of carboxylic acid groups (broad SMARTS) is 1. The standard InChI is InChI=1S/C29H24N2O6S2/c1-3-36-28(35)24-17(2)30-29-31(25(24)22-5-4-14-38-22)26(32)23(39-29)15-18-8-12-21(13-9-18)37-16-19-6-10-20(11-7-19)27(33)34/h4-15,25H,3,16H2,1-2H3,(H,33,34)/b23-15+/t25-/m1/s1. The number of fused-ring (bicyclic) bond motifs is 1. The van der Waals surface area contributed by atoms with Gasteiger partial charge in [-0.15, -0.1) is 11.3 Å². The molecule has 0 radical (unpaired) electrons. The fourth-order valence-electron chi connectivity index (χ4n) is 4.23. The number of carboxylic acids is 1. The molecule has 4 aromatic rings. The number of benzene rings is 2. The van der Waals surface area contributed by atoms with E-state index >= 15 is 0 Å². The number of rotatable bonds is 8. The summed E-state index contributed by atoms with van der Waals surface area (Å²) in [5, 5.41) is 10.9. The van der Waals surface area contributed by atoms with Crippen LogP contribution in [0.25, 0.3) is 6.08 Å². The van der Waals surface area contributed by atoms with Crippen molar-refractivity contribution in [3.05, 3.63) is 119 Å². The van der Waals surface area contributed by atoms with Crippen LogP contribution in [0.15, 0.2) is 87.1 Å². The van der Waals surface area contributed by atoms with Crippen molar-refractivity contribution >= 4 is 40.7 Å². The highest BCUT2D eigenvalue weighted by molar-refractivity contribution is 7.10. The normalized spacial score (nSPS) is 15.0. The second kappa shape index (κ2) is 11.2. The molecule has 0 amide bonds. The molecule has 10 heteroatoms. The Balaban J connectivity index is 1.42. The van der Waals surface area contributed by atoms with Crippen molar-refractivity contribution < 1.29 is 24.2 Å². The Morgan fingerprint density at radius 2 is 1.85 bits per heavy atom. The van der Waals surface area contributed by atoms with Gasteiger partial charge >= 0.3 is 11.9 Å². The monoisotopic (exact) mass is 560 g/mol. The predicted molar refractivity (Wildman–Crippen MR) is 149 cm³/mol. The maximum absolute atomic E-state index is 13.6. The van der Waals surface area contributed by atoms with Gasteiger partial charge in [-0.25, -0.2) is 14.6 Å². The minimum absolute atomic E-state index is 0.224. The minimum Gasteiger partial charge on any atom is -0.489 e. The molecule has 0 bridgehead atoms. The third kappa shape index (κ3) is 5.47. The Morgan fingerprint density at radius 1 is 1.10 bits per heavy atom. The summed E-state index contributed by atoms with van der Waals surface area (Å²) in [6.45, 7) is 4.04. The number of thiazole rings is 1. The third-order valence-corrected chi connectivity index (χ3v) is 8.02. The number of ether oxygens (including phenoxy) is 2. The third-order valence-electron chi connectivity index (χ3n) is 6.11. The van der Waals surface area contributed by atoms with E-state index in [1.165, 1.54) is 22.7 Å². The molecule has 0 spiro atoms. The van der Waals surface area contributed by atoms with Crippen LogP contribution in [-0.2, 0) is 16.1 Å². The number of thiophene rings is 1. The molecule has 0 aliphatic carbocycles. The Labute approximate surface area is 231 Å². The topological polar surface area (TPSA) is 107 Å². The fourth-order valence-corrected chi connectivity index (χ4v) is 6.10. The van der Waals surface area contributed by atoms with Gasteiger partial charge in [-0.1, -0.05) is 41.7 Å². The number of aromatic nitrogens is 1. The van der Waals surface area contributed by atoms with Crippen molar-refractivity contribution in [2.24, 2.45) is 4.99 Å². The molecule has 39 heavy (non-hydrogen) atoms. The van der Waals surface area contributed by atoms with Crippen LogP contribution in [0.3, 0.4) is 0 Å². The summed E-state index contributed by atoms with van der Waals surface area (Å²) < 4.78 is 13.2. The van der Waals surface area contributed by atoms with Gasteiger partial charge in [0.25, 0.3) is 5.56 Å². The van der Waals surface area contributed by atoms with Crippen molar-refractivity contribution in [1.29, 1.82) is 0 Å². The van der Waals surface area contributed by atoms with Gasteiger partial charge in [0, 0.05) is 4.88 Å². The molecule has 0 saturated heterocycles. The summed E-state index contributed by atoms with van der Waals surface area (Å²) in [6.07, 6.45) is 1.80. The van der Waals surface area contributed by atoms with Gasteiger partial charge in [0.1, 0.15) is 18.4 Å². The van der Waals surface area contributed by atoms with Gasteiger partial charge in [-0.2, -0.15) is 0 Å². The maximum atomic E-state index is 13.6. The van der Waals surface area contributed by atoms with Crippen LogP contribution in [0.1, 0.15) is 46.3 Å². The molecule has 2 aromatic heterocycles. The van der Waals surface area contributed by atoms with Crippen LogP contribution >= 0.6 is 22.7 Å². The lowest BCUT2D eigenvalue weighted by Gasteiger charge is -2.23. The molecule has 8 nitrogen and oxygen atoms in total. The van der Waals surface area contributed by atoms with Crippen LogP contribution in [0.5, 0.6) is 5.75 Å². The smallest absolute Gasteiger partial charge is 0.338 e. The van der Waals surface area contributed by atoms with Gasteiger partial charge in [0.2, 0.25) is 0 Å². The summed E-state index contributed by atoms with van der Waals surface area (Å²) in [5.74, 6) is -0.801. The van der Waals surface area contributed by atoms with E-state index in [0.29, 0.717) is 33.0 Å². The lowest BCUT2D eigenvalue weighted by Crippen LogP contribution is -2.39. The Kier molecular flexibility index (Phi) is 7.58. The Morgan fingerprint density at radius 3 is 2.49 bits per heavy atom. The van der Waals surface area contributed by atoms with E-state index in [1.54, 1.807) is 48.8 Å². The molecule has 3 heterocycles. The van der Waals surface area contributed by atoms with Gasteiger partial charge in [-0.05, 0) is 66.8 Å². The van der Waals surface area contributed by atoms with Crippen LogP contribution < -0.4 is 19.6 Å². The SMILES string of the molecule is CCOC(=O)C1=C(C)N=c2s/c(=C/c3ccc(OCc4ccc(C(=O)O)cc4)cc3)c(=O)n2[C@@H]1c1cccs1. The number of hydrogen-bond donors (Lipinski definition) is 1. The van der Waals surface area contributed by atoms with E-state index in [0.717, 1.165) is 16.0 Å². The minimum atomic E-state index is -0.970. The average Bonchev–Trinajstić information content (AvgIpc) is 3.56. The van der Waals surface area contributed by atoms with Crippen molar-refractivity contribution in [1.82, 2.24) is 4.57 Å². The number of esters is 1. The van der Waals surface area contributed by atoms with E-state index in [1.807, 2.05) is 41.8 Å². The van der Waals surface area contributed by atoms with Crippen molar-refractivity contribution in [3.63, 3.8) is 0 Å². The molecule has 198 valence electrons. The molecule has 1 atom stereocenters. The summed E-state index contributed by atoms with van der Waals surface area (Å²) in [5.41, 5.74) is 2.57. The Bertz CT molecular complexity index is 1730. The summed E-state index contributed by atoms with van der Waals surface area (Å²) >= 11 is 2.75. The van der Waals surface area contributed by atoms with E-state index in [-0.39, 0.29) is 17.7 Å². The molecule has 1 aliphatic rings. The summed E-state index contributed by atoms with van der Waals surface area (Å²) in [4.78, 5) is 43.4. The van der Waals surface area contributed by atoms with Gasteiger partial charge in [-0.3, -0.25) is 9.36 Å². The van der Waals surface area contributed by atoms with Gasteiger partial charge < -0.3 is 14.6 Å². The van der Waals surface area contributed by atoms with Crippen LogP contribution in [0.4, 0.5) is 0 Å². The molecule has 0 saturated carbocycles. The Hall–Kier alpha value is -4.28. The van der Waals surface area contributed by atoms with Gasteiger partial charge in [0.05, 0.1) is 28.0 Å². The zero-order chi connectivity index (χ0) is 27.5. The number of nitrogens with zero attached hydrogens (tertiary/aromatic N) is 2. The zero-order valence-corrected chi connectivity index (χ0v) is 22.8. The zero-order valence-electron chi connectivity index (χ0n) is 21.1. The first-order chi connectivity index (χ1) is 18.9. The first kappa shape index (κ1) is 26.3. The maximum Gasteiger partial charge on any atom is 0.338 e. The highest BCUT2D eigenvalue weighted by atomic mass is 32.1. The van der Waals surface area contributed by atoms with Crippen molar-refractivity contribution in [2.45, 2.75) is 26.5 Å². The van der Waals surface area contributed by atoms with E-state index < -0.39 is 18.0 Å². The molecule has 2 aromatic carbocycles. The van der Waals surface area contributed by atoms with Gasteiger partial charge in [0.15, 0.2) is 4.80 Å². The lowest BCUT2D eigenvalue weighted by atomic mass is 10.0. The lowest BCUT2D eigenvalue weighted by molar-refractivity contribution is -0.139. The number of aromatic carboxylic acids is 1. The largest absolute Gasteiger partial charge is 0.489 e. The second-order valence-corrected chi connectivity index (χ2v) is 10.7.